The number of hydrogen-bond acceptors (Lipinski definition) is 3. The molecule has 0 saturated carbocycles. The van der Waals surface area contributed by atoms with Crippen LogP contribution in [0.15, 0.2) is 6.07 Å². The second kappa shape index (κ2) is 3.38. The quantitative estimate of drug-likeness (QED) is 0.667. The van der Waals surface area contributed by atoms with E-state index in [2.05, 4.69) is 21.2 Å². The number of aromatic amines is 1. The van der Waals surface area contributed by atoms with Crippen molar-refractivity contribution in [1.29, 1.82) is 0 Å². The van der Waals surface area contributed by atoms with Crippen LogP contribution in [-0.4, -0.2) is 29.3 Å². The summed E-state index contributed by atoms with van der Waals surface area (Å²) in [5.74, 6) is 1.03. The van der Waals surface area contributed by atoms with Crippen molar-refractivity contribution < 1.29 is 0 Å². The molecule has 0 bridgehead atoms. The maximum Gasteiger partial charge on any atom is 0.150 e. The second-order valence-electron chi connectivity index (χ2n) is 3.76. The number of nitrogens with one attached hydrogen (secondary N) is 1. The molecule has 13 heavy (non-hydrogen) atoms. The Morgan fingerprint density at radius 3 is 3.15 bits per heavy atom. The van der Waals surface area contributed by atoms with E-state index < -0.39 is 0 Å². The average Bonchev–Trinajstić information content (AvgIpc) is 2.52. The van der Waals surface area contributed by atoms with Crippen molar-refractivity contribution in [2.24, 2.45) is 5.73 Å². The van der Waals surface area contributed by atoms with Crippen LogP contribution in [-0.2, 0) is 0 Å². The topological polar surface area (TPSA) is 57.9 Å². The SMILES string of the molecule is Cc1cc(N2CCC[C@H](N)C2)n[nH]1. The Kier molecular flexibility index (Phi) is 2.22. The zero-order valence-electron chi connectivity index (χ0n) is 7.95. The predicted molar refractivity (Wildman–Crippen MR) is 52.7 cm³/mol. The van der Waals surface area contributed by atoms with Crippen LogP contribution in [0.5, 0.6) is 0 Å². The molecular formula is C9H16N4. The zero-order chi connectivity index (χ0) is 9.26. The first-order valence-corrected chi connectivity index (χ1v) is 4.78. The van der Waals surface area contributed by atoms with Crippen molar-refractivity contribution in [1.82, 2.24) is 10.2 Å². The molecule has 4 heteroatoms. The minimum atomic E-state index is 0.311. The number of aromatic nitrogens is 2. The minimum absolute atomic E-state index is 0.311. The number of anilines is 1. The average molecular weight is 180 g/mol. The van der Waals surface area contributed by atoms with Gasteiger partial charge in [0, 0.05) is 30.9 Å². The third-order valence-electron chi connectivity index (χ3n) is 2.47. The van der Waals surface area contributed by atoms with E-state index in [1.807, 2.05) is 6.92 Å². The van der Waals surface area contributed by atoms with Crippen LogP contribution in [0.1, 0.15) is 18.5 Å². The smallest absolute Gasteiger partial charge is 0.150 e. The van der Waals surface area contributed by atoms with E-state index in [0.29, 0.717) is 6.04 Å². The van der Waals surface area contributed by atoms with Crippen LogP contribution < -0.4 is 10.6 Å². The summed E-state index contributed by atoms with van der Waals surface area (Å²) in [5, 5.41) is 7.17. The molecule has 4 nitrogen and oxygen atoms in total. The van der Waals surface area contributed by atoms with Crippen molar-refractivity contribution in [2.45, 2.75) is 25.8 Å². The Labute approximate surface area is 78.1 Å². The number of nitrogens with zero attached hydrogens (tertiary/aromatic N) is 2. The lowest BCUT2D eigenvalue weighted by Crippen LogP contribution is -2.43. The molecule has 2 heterocycles. The molecule has 1 aliphatic rings. The van der Waals surface area contributed by atoms with Gasteiger partial charge in [0.25, 0.3) is 0 Å². The van der Waals surface area contributed by atoms with E-state index in [-0.39, 0.29) is 0 Å². The van der Waals surface area contributed by atoms with Gasteiger partial charge in [-0.2, -0.15) is 5.10 Å². The van der Waals surface area contributed by atoms with E-state index in [9.17, 15) is 0 Å². The Bertz CT molecular complexity index is 281. The lowest BCUT2D eigenvalue weighted by Gasteiger charge is -2.30. The first-order valence-electron chi connectivity index (χ1n) is 4.78. The highest BCUT2D eigenvalue weighted by Crippen LogP contribution is 2.17. The highest BCUT2D eigenvalue weighted by Gasteiger charge is 2.18. The molecular weight excluding hydrogens is 164 g/mol. The molecule has 3 N–H and O–H groups in total. The van der Waals surface area contributed by atoms with E-state index in [1.54, 1.807) is 0 Å². The summed E-state index contributed by atoms with van der Waals surface area (Å²) >= 11 is 0. The van der Waals surface area contributed by atoms with E-state index >= 15 is 0 Å². The molecule has 72 valence electrons. The van der Waals surface area contributed by atoms with Gasteiger partial charge < -0.3 is 10.6 Å². The first-order chi connectivity index (χ1) is 6.25. The standard InChI is InChI=1S/C9H16N4/c1-7-5-9(12-11-7)13-4-2-3-8(10)6-13/h5,8H,2-4,6,10H2,1H3,(H,11,12)/t8-/m0/s1. The van der Waals surface area contributed by atoms with Crippen molar-refractivity contribution in [2.75, 3.05) is 18.0 Å². The molecule has 1 atom stereocenters. The van der Waals surface area contributed by atoms with Gasteiger partial charge in [-0.1, -0.05) is 0 Å². The summed E-state index contributed by atoms with van der Waals surface area (Å²) in [7, 11) is 0. The van der Waals surface area contributed by atoms with Crippen LogP contribution in [0.4, 0.5) is 5.82 Å². The largest absolute Gasteiger partial charge is 0.354 e. The van der Waals surface area contributed by atoms with Gasteiger partial charge in [0.05, 0.1) is 0 Å². The van der Waals surface area contributed by atoms with Gasteiger partial charge in [-0.05, 0) is 19.8 Å². The van der Waals surface area contributed by atoms with Crippen LogP contribution in [0.25, 0.3) is 0 Å². The summed E-state index contributed by atoms with van der Waals surface area (Å²) in [5.41, 5.74) is 7.00. The first kappa shape index (κ1) is 8.56. The number of nitrogens with two attached hydrogens (primary N) is 1. The van der Waals surface area contributed by atoms with Gasteiger partial charge in [0.15, 0.2) is 5.82 Å². The number of hydrogen-bond donors (Lipinski definition) is 2. The predicted octanol–water partition coefficient (Wildman–Crippen LogP) is 0.646. The Morgan fingerprint density at radius 2 is 2.54 bits per heavy atom. The van der Waals surface area contributed by atoms with Gasteiger partial charge in [0.2, 0.25) is 0 Å². The van der Waals surface area contributed by atoms with Gasteiger partial charge in [-0.3, -0.25) is 5.10 Å². The fourth-order valence-electron chi connectivity index (χ4n) is 1.78. The number of aryl methyl sites for hydroxylation is 1. The summed E-state index contributed by atoms with van der Waals surface area (Å²) in [6.45, 7) is 4.03. The van der Waals surface area contributed by atoms with Crippen molar-refractivity contribution in [3.8, 4) is 0 Å². The van der Waals surface area contributed by atoms with Crippen LogP contribution in [0, 0.1) is 6.92 Å². The van der Waals surface area contributed by atoms with Crippen LogP contribution >= 0.6 is 0 Å². The fourth-order valence-corrected chi connectivity index (χ4v) is 1.78. The highest BCUT2D eigenvalue weighted by atomic mass is 15.3. The number of H-pyrrole nitrogens is 1. The summed E-state index contributed by atoms with van der Waals surface area (Å²) in [6, 6.07) is 2.38. The molecule has 1 aliphatic heterocycles. The van der Waals surface area contributed by atoms with E-state index in [1.165, 1.54) is 6.42 Å². The number of rotatable bonds is 1. The van der Waals surface area contributed by atoms with Crippen LogP contribution in [0.3, 0.4) is 0 Å². The maximum atomic E-state index is 5.89. The molecule has 1 saturated heterocycles. The fraction of sp³-hybridized carbons (Fsp3) is 0.667. The summed E-state index contributed by atoms with van der Waals surface area (Å²) in [4.78, 5) is 2.25. The molecule has 0 unspecified atom stereocenters. The van der Waals surface area contributed by atoms with Gasteiger partial charge in [-0.15, -0.1) is 0 Å². The molecule has 1 aromatic rings. The third kappa shape index (κ3) is 1.83. The normalized spacial score (nSPS) is 23.5. The molecule has 0 spiro atoms. The Hall–Kier alpha value is -1.03. The molecule has 2 rings (SSSR count). The molecule has 1 fully saturated rings. The molecule has 0 radical (unpaired) electrons. The minimum Gasteiger partial charge on any atom is -0.354 e. The van der Waals surface area contributed by atoms with Crippen molar-refractivity contribution in [3.63, 3.8) is 0 Å². The van der Waals surface area contributed by atoms with Crippen molar-refractivity contribution >= 4 is 5.82 Å². The zero-order valence-corrected chi connectivity index (χ0v) is 7.95. The molecule has 0 amide bonds. The van der Waals surface area contributed by atoms with Gasteiger partial charge in [0.1, 0.15) is 0 Å². The lowest BCUT2D eigenvalue weighted by atomic mass is 10.1. The highest BCUT2D eigenvalue weighted by molar-refractivity contribution is 5.39. The summed E-state index contributed by atoms with van der Waals surface area (Å²) in [6.07, 6.45) is 2.31. The van der Waals surface area contributed by atoms with Crippen molar-refractivity contribution in [3.05, 3.63) is 11.8 Å². The Balaban J connectivity index is 2.08. The maximum absolute atomic E-state index is 5.89. The monoisotopic (exact) mass is 180 g/mol. The lowest BCUT2D eigenvalue weighted by molar-refractivity contribution is 0.503. The molecule has 1 aromatic heterocycles. The van der Waals surface area contributed by atoms with Crippen LogP contribution in [0.2, 0.25) is 0 Å². The number of piperidine rings is 1. The van der Waals surface area contributed by atoms with E-state index in [4.69, 9.17) is 5.73 Å². The second-order valence-corrected chi connectivity index (χ2v) is 3.76. The van der Waals surface area contributed by atoms with E-state index in [0.717, 1.165) is 31.0 Å². The summed E-state index contributed by atoms with van der Waals surface area (Å²) < 4.78 is 0. The molecule has 0 aliphatic carbocycles. The molecule has 0 aromatic carbocycles. The van der Waals surface area contributed by atoms with Gasteiger partial charge >= 0.3 is 0 Å². The van der Waals surface area contributed by atoms with Gasteiger partial charge in [-0.25, -0.2) is 0 Å². The Morgan fingerprint density at radius 1 is 1.69 bits per heavy atom. The third-order valence-corrected chi connectivity index (χ3v) is 2.47.